The number of ether oxygens (including phenoxy) is 1. The third-order valence-corrected chi connectivity index (χ3v) is 3.60. The number of nitrogens with zero attached hydrogens (tertiary/aromatic N) is 1. The van der Waals surface area contributed by atoms with Gasteiger partial charge < -0.3 is 9.64 Å². The maximum Gasteiger partial charge on any atom is 0.229 e. The topological polar surface area (TPSA) is 29.5 Å². The number of benzene rings is 2. The molecule has 2 aromatic carbocycles. The van der Waals surface area contributed by atoms with Crippen molar-refractivity contribution in [2.45, 2.75) is 12.6 Å². The fourth-order valence-corrected chi connectivity index (χ4v) is 2.53. The molecule has 0 N–H and O–H groups in total. The van der Waals surface area contributed by atoms with Gasteiger partial charge in [-0.15, -0.1) is 0 Å². The number of carbonyl (C=O) groups is 1. The highest BCUT2D eigenvalue weighted by atomic mass is 19.1. The summed E-state index contributed by atoms with van der Waals surface area (Å²) in [5.74, 6) is -0.464. The Hall–Kier alpha value is -2.20. The molecule has 2 aromatic rings. The van der Waals surface area contributed by atoms with Crippen LogP contribution in [0.25, 0.3) is 0 Å². The van der Waals surface area contributed by atoms with E-state index in [1.54, 1.807) is 23.1 Å². The first-order valence-corrected chi connectivity index (χ1v) is 6.95. The van der Waals surface area contributed by atoms with E-state index in [9.17, 15) is 9.18 Å². The van der Waals surface area contributed by atoms with Crippen molar-refractivity contribution in [3.05, 3.63) is 71.5 Å². The Bertz CT molecular complexity index is 630. The zero-order valence-electron chi connectivity index (χ0n) is 11.5. The SMILES string of the molecule is O=C(Cc1ccccc1F)N1CCOC1c1ccccc1. The molecule has 0 saturated carbocycles. The molecule has 21 heavy (non-hydrogen) atoms. The van der Waals surface area contributed by atoms with Crippen LogP contribution in [-0.4, -0.2) is 24.0 Å². The zero-order valence-corrected chi connectivity index (χ0v) is 11.5. The van der Waals surface area contributed by atoms with Crippen molar-refractivity contribution in [3.8, 4) is 0 Å². The van der Waals surface area contributed by atoms with Gasteiger partial charge in [-0.3, -0.25) is 4.79 Å². The molecule has 0 aromatic heterocycles. The Morgan fingerprint density at radius 2 is 1.86 bits per heavy atom. The normalized spacial score (nSPS) is 18.0. The molecule has 3 nitrogen and oxygen atoms in total. The molecule has 1 amide bonds. The largest absolute Gasteiger partial charge is 0.352 e. The smallest absolute Gasteiger partial charge is 0.229 e. The van der Waals surface area contributed by atoms with Crippen LogP contribution in [0, 0.1) is 5.82 Å². The third kappa shape index (κ3) is 2.95. The minimum absolute atomic E-state index is 0.0549. The van der Waals surface area contributed by atoms with Crippen molar-refractivity contribution in [2.75, 3.05) is 13.2 Å². The Kier molecular flexibility index (Phi) is 3.97. The molecule has 3 rings (SSSR count). The number of rotatable bonds is 3. The summed E-state index contributed by atoms with van der Waals surface area (Å²) in [6, 6.07) is 16.0. The lowest BCUT2D eigenvalue weighted by Gasteiger charge is -2.23. The Morgan fingerprint density at radius 1 is 1.14 bits per heavy atom. The number of hydrogen-bond acceptors (Lipinski definition) is 2. The average molecular weight is 285 g/mol. The number of halogens is 1. The molecule has 1 heterocycles. The van der Waals surface area contributed by atoms with Crippen molar-refractivity contribution in [2.24, 2.45) is 0 Å². The fourth-order valence-electron chi connectivity index (χ4n) is 2.53. The Morgan fingerprint density at radius 3 is 2.62 bits per heavy atom. The summed E-state index contributed by atoms with van der Waals surface area (Å²) in [5.41, 5.74) is 1.36. The van der Waals surface area contributed by atoms with E-state index in [1.165, 1.54) is 6.07 Å². The number of hydrogen-bond donors (Lipinski definition) is 0. The first-order chi connectivity index (χ1) is 10.3. The highest BCUT2D eigenvalue weighted by Crippen LogP contribution is 2.27. The molecular formula is C17H16FNO2. The molecule has 0 radical (unpaired) electrons. The highest BCUT2D eigenvalue weighted by molar-refractivity contribution is 5.79. The molecule has 1 aliphatic rings. The van der Waals surface area contributed by atoms with Gasteiger partial charge in [-0.05, 0) is 11.6 Å². The number of amides is 1. The average Bonchev–Trinajstić information content (AvgIpc) is 3.00. The van der Waals surface area contributed by atoms with E-state index in [0.717, 1.165) is 5.56 Å². The van der Waals surface area contributed by atoms with E-state index in [-0.39, 0.29) is 24.4 Å². The molecule has 1 unspecified atom stereocenters. The summed E-state index contributed by atoms with van der Waals surface area (Å²) in [5, 5.41) is 0. The van der Waals surface area contributed by atoms with Gasteiger partial charge in [-0.1, -0.05) is 48.5 Å². The first-order valence-electron chi connectivity index (χ1n) is 6.95. The lowest BCUT2D eigenvalue weighted by Crippen LogP contribution is -2.32. The summed E-state index contributed by atoms with van der Waals surface area (Å²) in [6.07, 6.45) is -0.315. The maximum atomic E-state index is 13.7. The summed E-state index contributed by atoms with van der Waals surface area (Å²) < 4.78 is 19.3. The Labute approximate surface area is 123 Å². The van der Waals surface area contributed by atoms with E-state index in [1.807, 2.05) is 30.3 Å². The van der Waals surface area contributed by atoms with Crippen molar-refractivity contribution in [1.29, 1.82) is 0 Å². The minimum atomic E-state index is -0.370. The molecule has 1 atom stereocenters. The quantitative estimate of drug-likeness (QED) is 0.868. The zero-order chi connectivity index (χ0) is 14.7. The minimum Gasteiger partial charge on any atom is -0.352 e. The standard InChI is InChI=1S/C17H16FNO2/c18-15-9-5-4-8-14(15)12-16(20)19-10-11-21-17(19)13-6-2-1-3-7-13/h1-9,17H,10-12H2. The molecule has 0 aliphatic carbocycles. The van der Waals surface area contributed by atoms with Gasteiger partial charge in [0.05, 0.1) is 13.0 Å². The van der Waals surface area contributed by atoms with Gasteiger partial charge in [-0.2, -0.15) is 0 Å². The van der Waals surface area contributed by atoms with Crippen LogP contribution in [0.2, 0.25) is 0 Å². The predicted molar refractivity (Wildman–Crippen MR) is 77.0 cm³/mol. The second kappa shape index (κ2) is 6.06. The summed E-state index contributed by atoms with van der Waals surface area (Å²) >= 11 is 0. The maximum absolute atomic E-state index is 13.7. The van der Waals surface area contributed by atoms with Crippen LogP contribution < -0.4 is 0 Å². The van der Waals surface area contributed by atoms with Gasteiger partial charge in [0.1, 0.15) is 5.82 Å². The van der Waals surface area contributed by atoms with E-state index in [4.69, 9.17) is 4.74 Å². The van der Waals surface area contributed by atoms with Crippen LogP contribution >= 0.6 is 0 Å². The van der Waals surface area contributed by atoms with Crippen LogP contribution in [-0.2, 0) is 16.0 Å². The monoisotopic (exact) mass is 285 g/mol. The summed E-state index contributed by atoms with van der Waals surface area (Å²) in [7, 11) is 0. The molecule has 0 spiro atoms. The van der Waals surface area contributed by atoms with Crippen LogP contribution in [0.4, 0.5) is 4.39 Å². The highest BCUT2D eigenvalue weighted by Gasteiger charge is 2.30. The second-order valence-electron chi connectivity index (χ2n) is 4.99. The molecule has 1 saturated heterocycles. The van der Waals surface area contributed by atoms with Crippen LogP contribution in [0.3, 0.4) is 0 Å². The van der Waals surface area contributed by atoms with Gasteiger partial charge in [0.2, 0.25) is 5.91 Å². The second-order valence-corrected chi connectivity index (χ2v) is 4.99. The van der Waals surface area contributed by atoms with Gasteiger partial charge in [-0.25, -0.2) is 4.39 Å². The molecule has 0 bridgehead atoms. The van der Waals surface area contributed by atoms with Crippen molar-refractivity contribution in [3.63, 3.8) is 0 Å². The lowest BCUT2D eigenvalue weighted by atomic mass is 10.1. The molecule has 1 aliphatic heterocycles. The molecule has 4 heteroatoms. The third-order valence-electron chi connectivity index (χ3n) is 3.60. The summed E-state index contributed by atoms with van der Waals surface area (Å²) in [6.45, 7) is 1.04. The Balaban J connectivity index is 1.76. The summed E-state index contributed by atoms with van der Waals surface area (Å²) in [4.78, 5) is 14.1. The van der Waals surface area contributed by atoms with Crippen molar-refractivity contribution < 1.29 is 13.9 Å². The van der Waals surface area contributed by atoms with E-state index >= 15 is 0 Å². The lowest BCUT2D eigenvalue weighted by molar-refractivity contribution is -0.135. The van der Waals surface area contributed by atoms with Gasteiger partial charge >= 0.3 is 0 Å². The molecule has 108 valence electrons. The van der Waals surface area contributed by atoms with E-state index < -0.39 is 0 Å². The molecular weight excluding hydrogens is 269 g/mol. The number of carbonyl (C=O) groups excluding carboxylic acids is 1. The first kappa shape index (κ1) is 13.8. The van der Waals surface area contributed by atoms with Crippen molar-refractivity contribution >= 4 is 5.91 Å². The van der Waals surface area contributed by atoms with Crippen LogP contribution in [0.1, 0.15) is 17.4 Å². The van der Waals surface area contributed by atoms with Gasteiger partial charge in [0.15, 0.2) is 6.23 Å². The molecule has 1 fully saturated rings. The van der Waals surface area contributed by atoms with Crippen molar-refractivity contribution in [1.82, 2.24) is 4.90 Å². The van der Waals surface area contributed by atoms with Gasteiger partial charge in [0.25, 0.3) is 0 Å². The van der Waals surface area contributed by atoms with E-state index in [0.29, 0.717) is 18.7 Å². The van der Waals surface area contributed by atoms with E-state index in [2.05, 4.69) is 0 Å². The van der Waals surface area contributed by atoms with Gasteiger partial charge in [0, 0.05) is 12.1 Å². The van der Waals surface area contributed by atoms with Crippen LogP contribution in [0.15, 0.2) is 54.6 Å². The van der Waals surface area contributed by atoms with Crippen LogP contribution in [0.5, 0.6) is 0 Å². The fraction of sp³-hybridized carbons (Fsp3) is 0.235. The predicted octanol–water partition coefficient (Wildman–Crippen LogP) is 2.93.